The van der Waals surface area contributed by atoms with E-state index in [-0.39, 0.29) is 5.41 Å². The van der Waals surface area contributed by atoms with E-state index in [0.717, 1.165) is 30.0 Å². The van der Waals surface area contributed by atoms with Crippen molar-refractivity contribution in [1.29, 1.82) is 5.26 Å². The van der Waals surface area contributed by atoms with Gasteiger partial charge in [0.2, 0.25) is 0 Å². The van der Waals surface area contributed by atoms with Crippen molar-refractivity contribution < 1.29 is 9.47 Å². The highest BCUT2D eigenvalue weighted by Crippen LogP contribution is 2.30. The molecule has 1 heterocycles. The molecule has 4 nitrogen and oxygen atoms in total. The average Bonchev–Trinajstić information content (AvgIpc) is 2.63. The normalized spacial score (nSPS) is 14.6. The second kappa shape index (κ2) is 5.94. The Morgan fingerprint density at radius 3 is 2.74 bits per heavy atom. The lowest BCUT2D eigenvalue weighted by molar-refractivity contribution is 0.297. The van der Waals surface area contributed by atoms with Crippen molar-refractivity contribution in [1.82, 2.24) is 5.32 Å². The van der Waals surface area contributed by atoms with E-state index < -0.39 is 0 Å². The number of hydrogen-bond acceptors (Lipinski definition) is 4. The molecule has 1 aliphatic rings. The van der Waals surface area contributed by atoms with Crippen LogP contribution in [0.2, 0.25) is 0 Å². The predicted molar refractivity (Wildman–Crippen MR) is 73.1 cm³/mol. The molecule has 0 aromatic heterocycles. The molecule has 0 aliphatic carbocycles. The predicted octanol–water partition coefficient (Wildman–Crippen LogP) is 2.49. The van der Waals surface area contributed by atoms with E-state index in [1.807, 2.05) is 32.0 Å². The van der Waals surface area contributed by atoms with Gasteiger partial charge in [-0.15, -0.1) is 0 Å². The van der Waals surface area contributed by atoms with Gasteiger partial charge in [-0.05, 0) is 31.5 Å². The van der Waals surface area contributed by atoms with E-state index in [4.69, 9.17) is 14.7 Å². The van der Waals surface area contributed by atoms with E-state index in [1.165, 1.54) is 0 Å². The van der Waals surface area contributed by atoms with Gasteiger partial charge in [0.25, 0.3) is 0 Å². The van der Waals surface area contributed by atoms with Crippen LogP contribution in [0.4, 0.5) is 0 Å². The molecule has 0 unspecified atom stereocenters. The third kappa shape index (κ3) is 3.87. The van der Waals surface area contributed by atoms with Gasteiger partial charge in [-0.3, -0.25) is 0 Å². The smallest absolute Gasteiger partial charge is 0.161 e. The minimum atomic E-state index is -0.342. The number of nitrogens with zero attached hydrogens (tertiary/aromatic N) is 1. The maximum absolute atomic E-state index is 8.95. The molecule has 4 heteroatoms. The fourth-order valence-corrected chi connectivity index (χ4v) is 1.88. The number of hydrogen-bond donors (Lipinski definition) is 1. The zero-order valence-electron chi connectivity index (χ0n) is 11.5. The molecule has 1 aromatic rings. The van der Waals surface area contributed by atoms with Crippen LogP contribution in [-0.4, -0.2) is 19.8 Å². The molecular formula is C15H20N2O2. The van der Waals surface area contributed by atoms with E-state index in [0.29, 0.717) is 19.8 Å². The molecule has 1 aromatic carbocycles. The number of fused-ring (bicyclic) bond motifs is 1. The third-order valence-corrected chi connectivity index (χ3v) is 3.01. The Kier molecular flexibility index (Phi) is 4.28. The summed E-state index contributed by atoms with van der Waals surface area (Å²) in [6.45, 7) is 6.65. The molecule has 0 atom stereocenters. The topological polar surface area (TPSA) is 54.3 Å². The highest BCUT2D eigenvalue weighted by Gasteiger charge is 2.16. The van der Waals surface area contributed by atoms with Crippen LogP contribution >= 0.6 is 0 Å². The highest BCUT2D eigenvalue weighted by atomic mass is 16.5. The molecule has 0 amide bonds. The van der Waals surface area contributed by atoms with Gasteiger partial charge in [0.05, 0.1) is 24.7 Å². The van der Waals surface area contributed by atoms with E-state index in [2.05, 4.69) is 11.4 Å². The molecule has 102 valence electrons. The molecule has 0 bridgehead atoms. The average molecular weight is 260 g/mol. The molecule has 1 aliphatic heterocycles. The molecular weight excluding hydrogens is 240 g/mol. The van der Waals surface area contributed by atoms with Crippen molar-refractivity contribution in [3.63, 3.8) is 0 Å². The summed E-state index contributed by atoms with van der Waals surface area (Å²) in [5.41, 5.74) is 0.795. The van der Waals surface area contributed by atoms with Gasteiger partial charge in [-0.25, -0.2) is 0 Å². The first-order valence-corrected chi connectivity index (χ1v) is 6.61. The van der Waals surface area contributed by atoms with Gasteiger partial charge in [0, 0.05) is 19.5 Å². The van der Waals surface area contributed by atoms with Crippen LogP contribution < -0.4 is 14.8 Å². The zero-order valence-corrected chi connectivity index (χ0v) is 11.5. The second-order valence-electron chi connectivity index (χ2n) is 5.43. The lowest BCUT2D eigenvalue weighted by Gasteiger charge is -2.16. The van der Waals surface area contributed by atoms with E-state index in [9.17, 15) is 0 Å². The zero-order chi connectivity index (χ0) is 13.7. The second-order valence-corrected chi connectivity index (χ2v) is 5.43. The molecule has 0 radical (unpaired) electrons. The van der Waals surface area contributed by atoms with Crippen LogP contribution in [0.15, 0.2) is 18.2 Å². The van der Waals surface area contributed by atoms with Gasteiger partial charge in [-0.1, -0.05) is 6.07 Å². The molecule has 0 spiro atoms. The van der Waals surface area contributed by atoms with Crippen LogP contribution in [-0.2, 0) is 6.54 Å². The fourth-order valence-electron chi connectivity index (χ4n) is 1.88. The Hall–Kier alpha value is -1.73. The number of benzene rings is 1. The third-order valence-electron chi connectivity index (χ3n) is 3.01. The number of rotatable bonds is 4. The van der Waals surface area contributed by atoms with Crippen molar-refractivity contribution in [2.75, 3.05) is 19.8 Å². The van der Waals surface area contributed by atoms with Crippen LogP contribution in [0.1, 0.15) is 25.8 Å². The Balaban J connectivity index is 1.95. The summed E-state index contributed by atoms with van der Waals surface area (Å²) in [5, 5.41) is 12.3. The van der Waals surface area contributed by atoms with Gasteiger partial charge >= 0.3 is 0 Å². The summed E-state index contributed by atoms with van der Waals surface area (Å²) in [4.78, 5) is 0. The minimum absolute atomic E-state index is 0.342. The Labute approximate surface area is 114 Å². The number of ether oxygens (including phenoxy) is 2. The summed E-state index contributed by atoms with van der Waals surface area (Å²) < 4.78 is 11.2. The summed E-state index contributed by atoms with van der Waals surface area (Å²) in [5.74, 6) is 1.63. The van der Waals surface area contributed by atoms with Crippen molar-refractivity contribution >= 4 is 0 Å². The lowest BCUT2D eigenvalue weighted by Crippen LogP contribution is -2.27. The number of nitrogens with one attached hydrogen (secondary N) is 1. The van der Waals surface area contributed by atoms with Gasteiger partial charge < -0.3 is 14.8 Å². The Bertz CT molecular complexity index is 478. The molecule has 0 saturated carbocycles. The molecule has 2 rings (SSSR count). The lowest BCUT2D eigenvalue weighted by atomic mass is 9.96. The SMILES string of the molecule is CC(C)(C#N)CNCc1ccc2c(c1)OCCCO2. The molecule has 1 N–H and O–H groups in total. The monoisotopic (exact) mass is 260 g/mol. The van der Waals surface area contributed by atoms with Gasteiger partial charge in [-0.2, -0.15) is 5.26 Å². The van der Waals surface area contributed by atoms with Crippen LogP contribution in [0.3, 0.4) is 0 Å². The first-order valence-electron chi connectivity index (χ1n) is 6.61. The quantitative estimate of drug-likeness (QED) is 0.903. The van der Waals surface area contributed by atoms with Crippen LogP contribution in [0.5, 0.6) is 11.5 Å². The minimum Gasteiger partial charge on any atom is -0.490 e. The molecule has 0 fully saturated rings. The summed E-state index contributed by atoms with van der Waals surface area (Å²) in [7, 11) is 0. The highest BCUT2D eigenvalue weighted by molar-refractivity contribution is 5.43. The molecule has 19 heavy (non-hydrogen) atoms. The number of nitriles is 1. The Morgan fingerprint density at radius 2 is 2.00 bits per heavy atom. The standard InChI is InChI=1S/C15H20N2O2/c1-15(2,10-16)11-17-9-12-4-5-13-14(8-12)19-7-3-6-18-13/h4-5,8,17H,3,6-7,9,11H2,1-2H3. The van der Waals surface area contributed by atoms with Crippen molar-refractivity contribution in [3.8, 4) is 17.6 Å². The fraction of sp³-hybridized carbons (Fsp3) is 0.533. The summed E-state index contributed by atoms with van der Waals surface area (Å²) >= 11 is 0. The van der Waals surface area contributed by atoms with E-state index >= 15 is 0 Å². The van der Waals surface area contributed by atoms with Gasteiger partial charge in [0.15, 0.2) is 11.5 Å². The largest absolute Gasteiger partial charge is 0.490 e. The first-order chi connectivity index (χ1) is 9.11. The van der Waals surface area contributed by atoms with Crippen molar-refractivity contribution in [2.45, 2.75) is 26.8 Å². The van der Waals surface area contributed by atoms with E-state index in [1.54, 1.807) is 0 Å². The van der Waals surface area contributed by atoms with Crippen molar-refractivity contribution in [2.24, 2.45) is 5.41 Å². The maximum atomic E-state index is 8.95. The first kappa shape index (κ1) is 13.7. The summed E-state index contributed by atoms with van der Waals surface area (Å²) in [6.07, 6.45) is 0.915. The molecule has 0 saturated heterocycles. The summed E-state index contributed by atoms with van der Waals surface area (Å²) in [6, 6.07) is 8.26. The maximum Gasteiger partial charge on any atom is 0.161 e. The van der Waals surface area contributed by atoms with Crippen LogP contribution in [0, 0.1) is 16.7 Å². The van der Waals surface area contributed by atoms with Crippen LogP contribution in [0.25, 0.3) is 0 Å². The Morgan fingerprint density at radius 1 is 1.26 bits per heavy atom. The van der Waals surface area contributed by atoms with Gasteiger partial charge in [0.1, 0.15) is 0 Å². The van der Waals surface area contributed by atoms with Crippen molar-refractivity contribution in [3.05, 3.63) is 23.8 Å².